The molecule has 2 aromatic rings. The number of hydroxylamine groups is 1. The Labute approximate surface area is 173 Å². The third-order valence-corrected chi connectivity index (χ3v) is 6.04. The van der Waals surface area contributed by atoms with Crippen LogP contribution in [-0.4, -0.2) is 41.5 Å². The number of alkyl halides is 2. The molecule has 0 aliphatic carbocycles. The van der Waals surface area contributed by atoms with Gasteiger partial charge in [-0.1, -0.05) is 19.9 Å². The molecule has 11 heteroatoms. The van der Waals surface area contributed by atoms with Crippen molar-refractivity contribution < 1.29 is 31.9 Å². The molecule has 0 bridgehead atoms. The third-order valence-electron chi connectivity index (χ3n) is 4.17. The second-order valence-electron chi connectivity index (χ2n) is 6.88. The molecule has 0 radical (unpaired) electrons. The smallest absolute Gasteiger partial charge is 0.387 e. The van der Waals surface area contributed by atoms with Crippen molar-refractivity contribution in [2.45, 2.75) is 44.4 Å². The first kappa shape index (κ1) is 23.6. The Morgan fingerprint density at radius 3 is 2.40 bits per heavy atom. The number of pyridine rings is 1. The van der Waals surface area contributed by atoms with Crippen molar-refractivity contribution in [1.29, 1.82) is 0 Å². The minimum Gasteiger partial charge on any atom is -0.435 e. The molecule has 0 aliphatic rings. The number of halogens is 2. The van der Waals surface area contributed by atoms with Crippen molar-refractivity contribution >= 4 is 15.9 Å². The van der Waals surface area contributed by atoms with Gasteiger partial charge in [0.05, 0.1) is 4.90 Å². The maximum absolute atomic E-state index is 13.4. The van der Waals surface area contributed by atoms with Crippen LogP contribution < -0.4 is 10.2 Å². The summed E-state index contributed by atoms with van der Waals surface area (Å²) in [7, 11) is -4.25. The molecule has 164 valence electrons. The zero-order valence-corrected chi connectivity index (χ0v) is 17.2. The van der Waals surface area contributed by atoms with Crippen LogP contribution in [0.5, 0.6) is 5.75 Å². The summed E-state index contributed by atoms with van der Waals surface area (Å²) < 4.78 is 56.7. The molecule has 0 saturated heterocycles. The number of sulfonamides is 1. The van der Waals surface area contributed by atoms with Gasteiger partial charge in [0.15, 0.2) is 0 Å². The highest BCUT2D eigenvalue weighted by Gasteiger charge is 2.36. The van der Waals surface area contributed by atoms with E-state index in [9.17, 15) is 22.0 Å². The Hall–Kier alpha value is -2.63. The minimum absolute atomic E-state index is 0.0688. The highest BCUT2D eigenvalue weighted by Crippen LogP contribution is 2.26. The summed E-state index contributed by atoms with van der Waals surface area (Å²) in [5, 5.41) is 9.17. The first-order valence-electron chi connectivity index (χ1n) is 9.04. The quantitative estimate of drug-likeness (QED) is 0.432. The molecule has 1 aromatic carbocycles. The summed E-state index contributed by atoms with van der Waals surface area (Å²) in [6, 6.07) is 6.50. The van der Waals surface area contributed by atoms with E-state index in [1.165, 1.54) is 17.9 Å². The summed E-state index contributed by atoms with van der Waals surface area (Å²) in [6.45, 7) is 0.389. The number of hydrogen-bond acceptors (Lipinski definition) is 6. The van der Waals surface area contributed by atoms with Gasteiger partial charge < -0.3 is 4.74 Å². The Morgan fingerprint density at radius 1 is 1.23 bits per heavy atom. The summed E-state index contributed by atoms with van der Waals surface area (Å²) in [4.78, 5) is 16.1. The molecular weight excluding hydrogens is 420 g/mol. The fraction of sp³-hybridized carbons (Fsp3) is 0.368. The van der Waals surface area contributed by atoms with Crippen molar-refractivity contribution in [1.82, 2.24) is 14.8 Å². The molecule has 2 rings (SSSR count). The molecular formula is C19H23F2N3O5S. The van der Waals surface area contributed by atoms with Gasteiger partial charge in [-0.15, -0.1) is 0 Å². The van der Waals surface area contributed by atoms with E-state index in [0.717, 1.165) is 28.6 Å². The zero-order chi connectivity index (χ0) is 22.3. The van der Waals surface area contributed by atoms with E-state index in [1.807, 2.05) is 13.8 Å². The standard InChI is InChI=1S/C19H23F2N3O5S/c1-13(2)10-17(18(25)23-26)24(12-14-4-3-9-22-11-14)30(27,28)16-7-5-15(6-8-16)29-19(20)21/h3-9,11,13,17,19,26H,10,12H2,1-2H3,(H,23,25)/t17-/m1/s1. The summed E-state index contributed by atoms with van der Waals surface area (Å²) >= 11 is 0. The number of benzene rings is 1. The molecule has 1 aromatic heterocycles. The third kappa shape index (κ3) is 6.18. The number of aromatic nitrogens is 1. The van der Waals surface area contributed by atoms with E-state index in [2.05, 4.69) is 9.72 Å². The maximum Gasteiger partial charge on any atom is 0.387 e. The second-order valence-corrected chi connectivity index (χ2v) is 8.77. The number of carbonyl (C=O) groups is 1. The van der Waals surface area contributed by atoms with Crippen LogP contribution in [0.3, 0.4) is 0 Å². The number of nitrogens with one attached hydrogen (secondary N) is 1. The molecule has 0 saturated carbocycles. The molecule has 1 amide bonds. The molecule has 1 atom stereocenters. The topological polar surface area (TPSA) is 109 Å². The number of carbonyl (C=O) groups excluding carboxylic acids is 1. The van der Waals surface area contributed by atoms with Crippen molar-refractivity contribution in [2.75, 3.05) is 0 Å². The highest BCUT2D eigenvalue weighted by molar-refractivity contribution is 7.89. The second kappa shape index (κ2) is 10.4. The Balaban J connectivity index is 2.48. The lowest BCUT2D eigenvalue weighted by molar-refractivity contribution is -0.133. The van der Waals surface area contributed by atoms with E-state index in [0.29, 0.717) is 5.56 Å². The van der Waals surface area contributed by atoms with E-state index in [-0.39, 0.29) is 29.5 Å². The van der Waals surface area contributed by atoms with Gasteiger partial charge in [-0.25, -0.2) is 13.9 Å². The predicted molar refractivity (Wildman–Crippen MR) is 103 cm³/mol. The van der Waals surface area contributed by atoms with Crippen LogP contribution in [0.1, 0.15) is 25.8 Å². The van der Waals surface area contributed by atoms with Crippen LogP contribution in [0.2, 0.25) is 0 Å². The number of ether oxygens (including phenoxy) is 1. The molecule has 30 heavy (non-hydrogen) atoms. The van der Waals surface area contributed by atoms with Crippen LogP contribution in [-0.2, 0) is 21.4 Å². The first-order valence-corrected chi connectivity index (χ1v) is 10.5. The van der Waals surface area contributed by atoms with E-state index in [4.69, 9.17) is 5.21 Å². The van der Waals surface area contributed by atoms with Gasteiger partial charge in [-0.05, 0) is 48.2 Å². The summed E-state index contributed by atoms with van der Waals surface area (Å²) in [6.07, 6.45) is 3.12. The number of rotatable bonds is 10. The maximum atomic E-state index is 13.4. The van der Waals surface area contributed by atoms with Gasteiger partial charge in [0.1, 0.15) is 11.8 Å². The zero-order valence-electron chi connectivity index (χ0n) is 16.4. The molecule has 2 N–H and O–H groups in total. The van der Waals surface area contributed by atoms with Crippen LogP contribution in [0.25, 0.3) is 0 Å². The van der Waals surface area contributed by atoms with Gasteiger partial charge in [0.25, 0.3) is 5.91 Å². The summed E-state index contributed by atoms with van der Waals surface area (Å²) in [5.41, 5.74) is 2.05. The average molecular weight is 443 g/mol. The van der Waals surface area contributed by atoms with Crippen LogP contribution in [0, 0.1) is 5.92 Å². The van der Waals surface area contributed by atoms with Gasteiger partial charge in [0, 0.05) is 18.9 Å². The number of nitrogens with zero attached hydrogens (tertiary/aromatic N) is 2. The lowest BCUT2D eigenvalue weighted by Crippen LogP contribution is -2.49. The number of amides is 1. The van der Waals surface area contributed by atoms with Gasteiger partial charge in [-0.3, -0.25) is 15.0 Å². The van der Waals surface area contributed by atoms with Crippen molar-refractivity contribution in [3.8, 4) is 5.75 Å². The first-order chi connectivity index (χ1) is 14.1. The van der Waals surface area contributed by atoms with Gasteiger partial charge in [0.2, 0.25) is 10.0 Å². The highest BCUT2D eigenvalue weighted by atomic mass is 32.2. The fourth-order valence-electron chi connectivity index (χ4n) is 2.84. The monoisotopic (exact) mass is 443 g/mol. The average Bonchev–Trinajstić information content (AvgIpc) is 2.70. The van der Waals surface area contributed by atoms with E-state index >= 15 is 0 Å². The molecule has 0 unspecified atom stereocenters. The Bertz CT molecular complexity index is 925. The van der Waals surface area contributed by atoms with Crippen molar-refractivity contribution in [2.24, 2.45) is 5.92 Å². The minimum atomic E-state index is -4.25. The SMILES string of the molecule is CC(C)C[C@H](C(=O)NO)N(Cc1cccnc1)S(=O)(=O)c1ccc(OC(F)F)cc1. The lowest BCUT2D eigenvalue weighted by Gasteiger charge is -2.30. The largest absolute Gasteiger partial charge is 0.435 e. The van der Waals surface area contributed by atoms with Crippen LogP contribution in [0.4, 0.5) is 8.78 Å². The molecule has 8 nitrogen and oxygen atoms in total. The normalized spacial score (nSPS) is 12.9. The van der Waals surface area contributed by atoms with Crippen LogP contribution in [0.15, 0.2) is 53.7 Å². The fourth-order valence-corrected chi connectivity index (χ4v) is 4.43. The van der Waals surface area contributed by atoms with Crippen LogP contribution >= 0.6 is 0 Å². The van der Waals surface area contributed by atoms with Crippen molar-refractivity contribution in [3.05, 3.63) is 54.4 Å². The number of hydrogen-bond donors (Lipinski definition) is 2. The van der Waals surface area contributed by atoms with Gasteiger partial charge in [-0.2, -0.15) is 13.1 Å². The summed E-state index contributed by atoms with van der Waals surface area (Å²) in [5.74, 6) is -1.15. The van der Waals surface area contributed by atoms with E-state index < -0.39 is 28.6 Å². The molecule has 1 heterocycles. The molecule has 0 spiro atoms. The predicted octanol–water partition coefficient (Wildman–Crippen LogP) is 2.79. The van der Waals surface area contributed by atoms with Gasteiger partial charge >= 0.3 is 6.61 Å². The van der Waals surface area contributed by atoms with E-state index in [1.54, 1.807) is 12.1 Å². The molecule has 0 aliphatic heterocycles. The molecule has 0 fully saturated rings. The Morgan fingerprint density at radius 2 is 1.90 bits per heavy atom. The lowest BCUT2D eigenvalue weighted by atomic mass is 10.0. The Kier molecular flexibility index (Phi) is 8.21. The van der Waals surface area contributed by atoms with Crippen molar-refractivity contribution in [3.63, 3.8) is 0 Å².